The second kappa shape index (κ2) is 6.71. The summed E-state index contributed by atoms with van der Waals surface area (Å²) in [5.74, 6) is 0.112. The molecule has 10 heteroatoms. The van der Waals surface area contributed by atoms with Crippen molar-refractivity contribution >= 4 is 23.3 Å². The highest BCUT2D eigenvalue weighted by molar-refractivity contribution is 5.70. The van der Waals surface area contributed by atoms with Crippen molar-refractivity contribution in [1.82, 2.24) is 9.97 Å². The standard InChI is InChI=1S/C12H20N6O4/c1-7-5-17(6-8(2)22-7)12-15-10(13)9(18(20)21)11(16-12)14-3-4-19/h7-8,19H,3-6H2,1-2H3,(H3,13,14,15,16)/t7-,8-/m1/s1. The van der Waals surface area contributed by atoms with E-state index in [4.69, 9.17) is 15.6 Å². The van der Waals surface area contributed by atoms with Crippen LogP contribution >= 0.6 is 0 Å². The lowest BCUT2D eigenvalue weighted by atomic mass is 10.2. The molecular weight excluding hydrogens is 292 g/mol. The fraction of sp³-hybridized carbons (Fsp3) is 0.667. The van der Waals surface area contributed by atoms with Gasteiger partial charge >= 0.3 is 5.69 Å². The molecule has 0 aromatic carbocycles. The van der Waals surface area contributed by atoms with Gasteiger partial charge in [0.25, 0.3) is 0 Å². The number of rotatable bonds is 5. The summed E-state index contributed by atoms with van der Waals surface area (Å²) in [4.78, 5) is 20.6. The molecule has 2 atom stereocenters. The van der Waals surface area contributed by atoms with Crippen molar-refractivity contribution < 1.29 is 14.8 Å². The van der Waals surface area contributed by atoms with Gasteiger partial charge in [-0.3, -0.25) is 10.1 Å². The number of morpholine rings is 1. The Bertz CT molecular complexity index is 545. The van der Waals surface area contributed by atoms with Crippen LogP contribution in [0.4, 0.5) is 23.3 Å². The van der Waals surface area contributed by atoms with Gasteiger partial charge in [-0.25, -0.2) is 0 Å². The Labute approximate surface area is 127 Å². The molecule has 0 amide bonds. The van der Waals surface area contributed by atoms with E-state index in [1.807, 2.05) is 18.7 Å². The second-order valence-electron chi connectivity index (χ2n) is 5.18. The van der Waals surface area contributed by atoms with Gasteiger partial charge < -0.3 is 25.8 Å². The molecule has 10 nitrogen and oxygen atoms in total. The minimum Gasteiger partial charge on any atom is -0.395 e. The first-order valence-electron chi connectivity index (χ1n) is 6.99. The third-order valence-corrected chi connectivity index (χ3v) is 3.19. The topological polar surface area (TPSA) is 140 Å². The molecule has 1 saturated heterocycles. The number of aliphatic hydroxyl groups excluding tert-OH is 1. The number of nitro groups is 1. The summed E-state index contributed by atoms with van der Waals surface area (Å²) < 4.78 is 5.64. The fourth-order valence-corrected chi connectivity index (χ4v) is 2.42. The highest BCUT2D eigenvalue weighted by atomic mass is 16.6. The van der Waals surface area contributed by atoms with Crippen LogP contribution in [0.25, 0.3) is 0 Å². The Morgan fingerprint density at radius 3 is 2.64 bits per heavy atom. The molecule has 1 aliphatic heterocycles. The molecule has 4 N–H and O–H groups in total. The number of anilines is 3. The second-order valence-corrected chi connectivity index (χ2v) is 5.18. The zero-order valence-electron chi connectivity index (χ0n) is 12.5. The van der Waals surface area contributed by atoms with Gasteiger partial charge in [-0.1, -0.05) is 0 Å². The Kier molecular flexibility index (Phi) is 4.93. The van der Waals surface area contributed by atoms with Crippen LogP contribution in [-0.2, 0) is 4.74 Å². The molecule has 1 fully saturated rings. The molecule has 2 rings (SSSR count). The zero-order chi connectivity index (χ0) is 16.3. The summed E-state index contributed by atoms with van der Waals surface area (Å²) >= 11 is 0. The van der Waals surface area contributed by atoms with E-state index in [2.05, 4.69) is 15.3 Å². The number of nitrogens with zero attached hydrogens (tertiary/aromatic N) is 4. The largest absolute Gasteiger partial charge is 0.395 e. The Morgan fingerprint density at radius 1 is 1.45 bits per heavy atom. The van der Waals surface area contributed by atoms with Crippen molar-refractivity contribution in [1.29, 1.82) is 0 Å². The molecule has 0 spiro atoms. The summed E-state index contributed by atoms with van der Waals surface area (Å²) in [7, 11) is 0. The number of aliphatic hydroxyl groups is 1. The van der Waals surface area contributed by atoms with Gasteiger partial charge in [0.15, 0.2) is 0 Å². The lowest BCUT2D eigenvalue weighted by molar-refractivity contribution is -0.383. The van der Waals surface area contributed by atoms with Gasteiger partial charge in [-0.2, -0.15) is 9.97 Å². The molecule has 1 aliphatic rings. The summed E-state index contributed by atoms with van der Waals surface area (Å²) in [5.41, 5.74) is 5.33. The van der Waals surface area contributed by atoms with Gasteiger partial charge in [0, 0.05) is 19.6 Å². The van der Waals surface area contributed by atoms with E-state index in [0.717, 1.165) is 0 Å². The number of aromatic nitrogens is 2. The predicted molar refractivity (Wildman–Crippen MR) is 80.9 cm³/mol. The highest BCUT2D eigenvalue weighted by Crippen LogP contribution is 2.30. The Balaban J connectivity index is 2.36. The summed E-state index contributed by atoms with van der Waals surface area (Å²) in [6.07, 6.45) is -0.00441. The van der Waals surface area contributed by atoms with Crippen molar-refractivity contribution in [2.45, 2.75) is 26.1 Å². The van der Waals surface area contributed by atoms with Crippen molar-refractivity contribution in [2.75, 3.05) is 42.2 Å². The summed E-state index contributed by atoms with van der Waals surface area (Å²) in [6, 6.07) is 0. The maximum atomic E-state index is 11.1. The average molecular weight is 312 g/mol. The summed E-state index contributed by atoms with van der Waals surface area (Å²) in [5, 5.41) is 22.7. The van der Waals surface area contributed by atoms with Crippen LogP contribution < -0.4 is 16.0 Å². The lowest BCUT2D eigenvalue weighted by Gasteiger charge is -2.35. The van der Waals surface area contributed by atoms with Crippen molar-refractivity contribution in [3.63, 3.8) is 0 Å². The van der Waals surface area contributed by atoms with Gasteiger partial charge in [-0.15, -0.1) is 0 Å². The summed E-state index contributed by atoms with van der Waals surface area (Å²) in [6.45, 7) is 4.96. The number of hydrogen-bond acceptors (Lipinski definition) is 9. The van der Waals surface area contributed by atoms with E-state index in [1.54, 1.807) is 0 Å². The number of nitrogens with one attached hydrogen (secondary N) is 1. The van der Waals surface area contributed by atoms with Gasteiger partial charge in [-0.05, 0) is 13.8 Å². The third-order valence-electron chi connectivity index (χ3n) is 3.19. The fourth-order valence-electron chi connectivity index (χ4n) is 2.42. The molecule has 0 bridgehead atoms. The van der Waals surface area contributed by atoms with E-state index in [1.165, 1.54) is 0 Å². The lowest BCUT2D eigenvalue weighted by Crippen LogP contribution is -2.46. The van der Waals surface area contributed by atoms with Crippen LogP contribution in [0, 0.1) is 10.1 Å². The van der Waals surface area contributed by atoms with E-state index in [-0.39, 0.29) is 42.7 Å². The van der Waals surface area contributed by atoms with Crippen LogP contribution in [0.5, 0.6) is 0 Å². The monoisotopic (exact) mass is 312 g/mol. The maximum Gasteiger partial charge on any atom is 0.353 e. The molecule has 0 unspecified atom stereocenters. The molecule has 0 saturated carbocycles. The minimum absolute atomic E-state index is 0.00221. The maximum absolute atomic E-state index is 11.1. The molecule has 22 heavy (non-hydrogen) atoms. The van der Waals surface area contributed by atoms with Crippen LogP contribution in [0.2, 0.25) is 0 Å². The normalized spacial score (nSPS) is 21.7. The Hall–Kier alpha value is -2.20. The van der Waals surface area contributed by atoms with Gasteiger partial charge in [0.2, 0.25) is 17.6 Å². The first-order valence-corrected chi connectivity index (χ1v) is 6.99. The SMILES string of the molecule is C[C@@H]1CN(c2nc(N)c([N+](=O)[O-])c(NCCO)n2)C[C@@H](C)O1. The molecule has 0 radical (unpaired) electrons. The molecular formula is C12H20N6O4. The predicted octanol–water partition coefficient (Wildman–Crippen LogP) is -0.0152. The van der Waals surface area contributed by atoms with E-state index < -0.39 is 4.92 Å². The number of hydrogen-bond donors (Lipinski definition) is 3. The molecule has 122 valence electrons. The van der Waals surface area contributed by atoms with Crippen LogP contribution in [0.3, 0.4) is 0 Å². The van der Waals surface area contributed by atoms with Gasteiger partial charge in [0.1, 0.15) is 0 Å². The zero-order valence-corrected chi connectivity index (χ0v) is 12.5. The first-order chi connectivity index (χ1) is 10.4. The number of ether oxygens (including phenoxy) is 1. The minimum atomic E-state index is -0.636. The highest BCUT2D eigenvalue weighted by Gasteiger charge is 2.28. The average Bonchev–Trinajstić information content (AvgIpc) is 2.42. The van der Waals surface area contributed by atoms with Crippen LogP contribution in [0.1, 0.15) is 13.8 Å². The number of nitrogens with two attached hydrogens (primary N) is 1. The van der Waals surface area contributed by atoms with E-state index in [9.17, 15) is 10.1 Å². The van der Waals surface area contributed by atoms with E-state index >= 15 is 0 Å². The smallest absolute Gasteiger partial charge is 0.353 e. The van der Waals surface area contributed by atoms with Crippen LogP contribution in [0.15, 0.2) is 0 Å². The number of nitrogen functional groups attached to an aromatic ring is 1. The van der Waals surface area contributed by atoms with Crippen molar-refractivity contribution in [3.05, 3.63) is 10.1 Å². The third kappa shape index (κ3) is 3.52. The van der Waals surface area contributed by atoms with Gasteiger partial charge in [0.05, 0.1) is 23.7 Å². The first kappa shape index (κ1) is 16.2. The van der Waals surface area contributed by atoms with Crippen molar-refractivity contribution in [2.24, 2.45) is 0 Å². The molecule has 1 aromatic rings. The quantitative estimate of drug-likeness (QED) is 0.505. The molecule has 1 aromatic heterocycles. The van der Waals surface area contributed by atoms with Crippen molar-refractivity contribution in [3.8, 4) is 0 Å². The van der Waals surface area contributed by atoms with Crippen LogP contribution in [-0.4, -0.2) is 58.4 Å². The molecule has 2 heterocycles. The molecule has 0 aliphatic carbocycles. The van der Waals surface area contributed by atoms with E-state index in [0.29, 0.717) is 19.0 Å². The Morgan fingerprint density at radius 2 is 2.09 bits per heavy atom.